The van der Waals surface area contributed by atoms with Crippen molar-refractivity contribution < 1.29 is 29.0 Å². The number of hydrogen-bond donors (Lipinski definition) is 1. The first-order chi connectivity index (χ1) is 17.6. The number of piperidine rings is 1. The molecule has 0 saturated carbocycles. The van der Waals surface area contributed by atoms with E-state index in [1.165, 1.54) is 11.0 Å². The van der Waals surface area contributed by atoms with Crippen molar-refractivity contribution in [3.8, 4) is 5.88 Å². The molecule has 10 heteroatoms. The van der Waals surface area contributed by atoms with E-state index in [2.05, 4.69) is 4.98 Å². The molecule has 0 bridgehead atoms. The van der Waals surface area contributed by atoms with Gasteiger partial charge in [0.1, 0.15) is 11.4 Å². The molecular formula is C27H30N4O6. The van der Waals surface area contributed by atoms with Gasteiger partial charge < -0.3 is 19.1 Å². The largest absolute Gasteiger partial charge is 0.493 e. The Balaban J connectivity index is 1.42. The van der Waals surface area contributed by atoms with Gasteiger partial charge in [-0.25, -0.2) is 14.8 Å². The molecule has 5 rings (SSSR count). The van der Waals surface area contributed by atoms with E-state index in [0.717, 1.165) is 6.42 Å². The normalized spacial score (nSPS) is 18.8. The number of rotatable bonds is 6. The molecule has 2 saturated heterocycles. The second-order valence-electron chi connectivity index (χ2n) is 10.5. The highest BCUT2D eigenvalue weighted by Gasteiger charge is 2.35. The number of imide groups is 1. The summed E-state index contributed by atoms with van der Waals surface area (Å²) < 4.78 is 13.1. The molecule has 1 unspecified atom stereocenters. The molecule has 4 heterocycles. The molecule has 1 atom stereocenters. The standard InChI is InChI=1S/C27H30N4O6/c1-27(2,3)37-26(35)16-7-8-20-21(11-16)30(14-18-9-10-36-18)22(28-20)15-31-24(33)12-17(13-25(31)34)19-5-4-6-23(32)29-19/h4-8,11,17-18H,9-10,12-15H2,1-3H3,(H,29,32). The summed E-state index contributed by atoms with van der Waals surface area (Å²) in [6.07, 6.45) is 1.11. The summed E-state index contributed by atoms with van der Waals surface area (Å²) >= 11 is 0. The second kappa shape index (κ2) is 9.59. The first kappa shape index (κ1) is 24.9. The van der Waals surface area contributed by atoms with E-state index in [4.69, 9.17) is 14.5 Å². The van der Waals surface area contributed by atoms with Crippen molar-refractivity contribution in [1.82, 2.24) is 19.4 Å². The zero-order valence-corrected chi connectivity index (χ0v) is 21.1. The van der Waals surface area contributed by atoms with Crippen LogP contribution in [0.4, 0.5) is 0 Å². The van der Waals surface area contributed by atoms with Gasteiger partial charge in [-0.15, -0.1) is 0 Å². The lowest BCUT2D eigenvalue weighted by molar-refractivity contribution is -0.149. The molecular weight excluding hydrogens is 476 g/mol. The molecule has 0 aliphatic carbocycles. The molecule has 0 spiro atoms. The molecule has 2 fully saturated rings. The smallest absolute Gasteiger partial charge is 0.338 e. The second-order valence-corrected chi connectivity index (χ2v) is 10.5. The fraction of sp³-hybridized carbons (Fsp3) is 0.444. The molecule has 1 N–H and O–H groups in total. The van der Waals surface area contributed by atoms with Crippen LogP contribution >= 0.6 is 0 Å². The van der Waals surface area contributed by atoms with Crippen LogP contribution in [0.15, 0.2) is 36.4 Å². The van der Waals surface area contributed by atoms with E-state index in [1.807, 2.05) is 25.3 Å². The summed E-state index contributed by atoms with van der Waals surface area (Å²) in [5.41, 5.74) is 1.66. The van der Waals surface area contributed by atoms with Gasteiger partial charge in [-0.05, 0) is 51.5 Å². The molecule has 10 nitrogen and oxygen atoms in total. The predicted molar refractivity (Wildman–Crippen MR) is 133 cm³/mol. The number of esters is 1. The maximum atomic E-state index is 13.1. The van der Waals surface area contributed by atoms with Crippen LogP contribution in [-0.2, 0) is 32.2 Å². The quantitative estimate of drug-likeness (QED) is 0.399. The third kappa shape index (κ3) is 5.34. The summed E-state index contributed by atoms with van der Waals surface area (Å²) in [5, 5.41) is 9.69. The third-order valence-electron chi connectivity index (χ3n) is 6.56. The molecule has 2 aliphatic heterocycles. The Morgan fingerprint density at radius 3 is 2.49 bits per heavy atom. The lowest BCUT2D eigenvalue weighted by Crippen LogP contribution is -2.43. The van der Waals surface area contributed by atoms with Gasteiger partial charge in [-0.2, -0.15) is 0 Å². The van der Waals surface area contributed by atoms with Crippen LogP contribution in [0.3, 0.4) is 0 Å². The average Bonchev–Trinajstić information content (AvgIpc) is 3.13. The number of fused-ring (bicyclic) bond motifs is 1. The number of benzene rings is 1. The molecule has 194 valence electrons. The number of imidazole rings is 1. The van der Waals surface area contributed by atoms with Gasteiger partial charge in [0.2, 0.25) is 17.7 Å². The Bertz CT molecular complexity index is 1350. The van der Waals surface area contributed by atoms with Crippen LogP contribution in [-0.4, -0.2) is 60.6 Å². The van der Waals surface area contributed by atoms with Crippen LogP contribution in [0.5, 0.6) is 5.88 Å². The first-order valence-corrected chi connectivity index (χ1v) is 12.4. The van der Waals surface area contributed by atoms with Gasteiger partial charge in [0.15, 0.2) is 0 Å². The zero-order valence-electron chi connectivity index (χ0n) is 21.1. The summed E-state index contributed by atoms with van der Waals surface area (Å²) in [7, 11) is 0. The number of hydrogen-bond acceptors (Lipinski definition) is 8. The Kier molecular flexibility index (Phi) is 6.45. The van der Waals surface area contributed by atoms with E-state index >= 15 is 0 Å². The number of likely N-dealkylation sites (tertiary alicyclic amines) is 1. The van der Waals surface area contributed by atoms with Crippen molar-refractivity contribution in [1.29, 1.82) is 0 Å². The molecule has 37 heavy (non-hydrogen) atoms. The SMILES string of the molecule is CC(C)(C)OC(=O)c1ccc2nc(CN3C(=O)CC(c4cccc(O)n4)CC3=O)n(CC3CCO3)c2c1. The maximum Gasteiger partial charge on any atom is 0.338 e. The molecule has 1 aromatic carbocycles. The number of carbonyl (C=O) groups is 3. The van der Waals surface area contributed by atoms with Crippen LogP contribution in [0.25, 0.3) is 11.0 Å². The molecule has 3 aromatic rings. The van der Waals surface area contributed by atoms with Crippen molar-refractivity contribution >= 4 is 28.8 Å². The van der Waals surface area contributed by atoms with Crippen LogP contribution in [0.1, 0.15) is 67.8 Å². The van der Waals surface area contributed by atoms with E-state index < -0.39 is 11.6 Å². The lowest BCUT2D eigenvalue weighted by Gasteiger charge is -2.31. The Hall–Kier alpha value is -3.79. The first-order valence-electron chi connectivity index (χ1n) is 12.4. The minimum atomic E-state index is -0.627. The molecule has 2 aromatic heterocycles. The summed E-state index contributed by atoms with van der Waals surface area (Å²) in [4.78, 5) is 48.8. The van der Waals surface area contributed by atoms with E-state index in [0.29, 0.717) is 41.3 Å². The minimum absolute atomic E-state index is 0.00435. The number of nitrogens with zero attached hydrogens (tertiary/aromatic N) is 4. The highest BCUT2D eigenvalue weighted by Crippen LogP contribution is 2.31. The number of aromatic hydroxyl groups is 1. The summed E-state index contributed by atoms with van der Waals surface area (Å²) in [6.45, 7) is 6.63. The number of carbonyl (C=O) groups excluding carboxylic acids is 3. The summed E-state index contributed by atoms with van der Waals surface area (Å²) in [5.74, 6) is -1.06. The van der Waals surface area contributed by atoms with E-state index in [9.17, 15) is 19.5 Å². The van der Waals surface area contributed by atoms with Gasteiger partial charge in [0.05, 0.1) is 35.8 Å². The van der Waals surface area contributed by atoms with E-state index in [1.54, 1.807) is 30.3 Å². The molecule has 2 amide bonds. The van der Waals surface area contributed by atoms with Gasteiger partial charge in [-0.1, -0.05) is 6.07 Å². The fourth-order valence-electron chi connectivity index (χ4n) is 4.64. The van der Waals surface area contributed by atoms with Crippen molar-refractivity contribution in [2.45, 2.75) is 70.7 Å². The number of amides is 2. The van der Waals surface area contributed by atoms with Gasteiger partial charge >= 0.3 is 5.97 Å². The van der Waals surface area contributed by atoms with E-state index in [-0.39, 0.29) is 49.1 Å². The number of ether oxygens (including phenoxy) is 2. The number of pyridine rings is 1. The van der Waals surface area contributed by atoms with Crippen molar-refractivity contribution in [3.63, 3.8) is 0 Å². The predicted octanol–water partition coefficient (Wildman–Crippen LogP) is 3.31. The third-order valence-corrected chi connectivity index (χ3v) is 6.56. The topological polar surface area (TPSA) is 124 Å². The highest BCUT2D eigenvalue weighted by atomic mass is 16.6. The number of aromatic nitrogens is 3. The maximum absolute atomic E-state index is 13.1. The van der Waals surface area contributed by atoms with Crippen molar-refractivity contribution in [3.05, 3.63) is 53.5 Å². The lowest BCUT2D eigenvalue weighted by atomic mass is 9.92. The van der Waals surface area contributed by atoms with Crippen LogP contribution in [0.2, 0.25) is 0 Å². The summed E-state index contributed by atoms with van der Waals surface area (Å²) in [6, 6.07) is 9.96. The molecule has 2 aliphatic rings. The Labute approximate surface area is 214 Å². The van der Waals surface area contributed by atoms with Gasteiger partial charge in [0.25, 0.3) is 0 Å². The van der Waals surface area contributed by atoms with Gasteiger partial charge in [0, 0.05) is 37.1 Å². The Morgan fingerprint density at radius 1 is 1.14 bits per heavy atom. The van der Waals surface area contributed by atoms with Crippen LogP contribution < -0.4 is 0 Å². The monoisotopic (exact) mass is 506 g/mol. The molecule has 0 radical (unpaired) electrons. The van der Waals surface area contributed by atoms with Gasteiger partial charge in [-0.3, -0.25) is 14.5 Å². The van der Waals surface area contributed by atoms with Crippen LogP contribution in [0, 0.1) is 0 Å². The zero-order chi connectivity index (χ0) is 26.3. The fourth-order valence-corrected chi connectivity index (χ4v) is 4.64. The Morgan fingerprint density at radius 2 is 1.86 bits per heavy atom. The average molecular weight is 507 g/mol. The minimum Gasteiger partial charge on any atom is -0.493 e. The van der Waals surface area contributed by atoms with Crippen molar-refractivity contribution in [2.24, 2.45) is 0 Å². The highest BCUT2D eigenvalue weighted by molar-refractivity contribution is 5.98. The van der Waals surface area contributed by atoms with Crippen molar-refractivity contribution in [2.75, 3.05) is 6.61 Å².